The average molecular weight is 128 g/mol. The fourth-order valence-corrected chi connectivity index (χ4v) is 0.350. The Morgan fingerprint density at radius 1 is 1.56 bits per heavy atom. The molecule has 0 aromatic rings. The van der Waals surface area contributed by atoms with E-state index in [9.17, 15) is 4.79 Å². The van der Waals surface area contributed by atoms with Gasteiger partial charge in [0.15, 0.2) is 0 Å². The molecule has 0 rings (SSSR count). The molecule has 1 unspecified atom stereocenters. The molecule has 0 aromatic heterocycles. The molecule has 52 valence electrons. The van der Waals surface area contributed by atoms with E-state index in [1.807, 2.05) is 6.92 Å². The zero-order valence-corrected chi connectivity index (χ0v) is 6.10. The van der Waals surface area contributed by atoms with E-state index in [0.717, 1.165) is 5.57 Å². The number of carbonyl (C=O) groups excluding carboxylic acids is 1. The maximum atomic E-state index is 10.3. The molecule has 0 saturated heterocycles. The molecule has 0 fully saturated rings. The van der Waals surface area contributed by atoms with Gasteiger partial charge in [0.25, 0.3) is 0 Å². The van der Waals surface area contributed by atoms with Crippen molar-refractivity contribution in [2.24, 2.45) is 0 Å². The summed E-state index contributed by atoms with van der Waals surface area (Å²) in [5, 5.41) is 0. The zero-order chi connectivity index (χ0) is 7.44. The maximum Gasteiger partial charge on any atom is 0.303 e. The summed E-state index contributed by atoms with van der Waals surface area (Å²) >= 11 is 0. The van der Waals surface area contributed by atoms with Gasteiger partial charge in [-0.1, -0.05) is 6.58 Å². The molecule has 0 heterocycles. The van der Waals surface area contributed by atoms with Crippen molar-refractivity contribution in [2.45, 2.75) is 26.9 Å². The van der Waals surface area contributed by atoms with E-state index in [4.69, 9.17) is 4.74 Å². The summed E-state index contributed by atoms with van der Waals surface area (Å²) in [7, 11) is 0. The smallest absolute Gasteiger partial charge is 0.303 e. The Bertz CT molecular complexity index is 127. The van der Waals surface area contributed by atoms with Crippen molar-refractivity contribution in [2.75, 3.05) is 0 Å². The summed E-state index contributed by atoms with van der Waals surface area (Å²) in [6.07, 6.45) is -0.150. The highest BCUT2D eigenvalue weighted by Crippen LogP contribution is 2.01. The Labute approximate surface area is 55.5 Å². The molecule has 2 heteroatoms. The predicted octanol–water partition coefficient (Wildman–Crippen LogP) is 1.51. The van der Waals surface area contributed by atoms with E-state index in [0.29, 0.717) is 0 Å². The van der Waals surface area contributed by atoms with Crippen LogP contribution in [0.25, 0.3) is 0 Å². The van der Waals surface area contributed by atoms with Crippen LogP contribution in [0.4, 0.5) is 0 Å². The van der Waals surface area contributed by atoms with Crippen molar-refractivity contribution < 1.29 is 9.53 Å². The first-order valence-electron chi connectivity index (χ1n) is 2.86. The van der Waals surface area contributed by atoms with Crippen molar-refractivity contribution in [1.29, 1.82) is 0 Å². The predicted molar refractivity (Wildman–Crippen MR) is 36.0 cm³/mol. The lowest BCUT2D eigenvalue weighted by atomic mass is 10.2. The molecule has 0 aromatic carbocycles. The fraction of sp³-hybridized carbons (Fsp3) is 0.571. The second kappa shape index (κ2) is 3.28. The van der Waals surface area contributed by atoms with Crippen molar-refractivity contribution in [3.63, 3.8) is 0 Å². The Balaban J connectivity index is 3.63. The van der Waals surface area contributed by atoms with Gasteiger partial charge in [-0.3, -0.25) is 4.79 Å². The number of esters is 1. The highest BCUT2D eigenvalue weighted by molar-refractivity contribution is 5.66. The second-order valence-corrected chi connectivity index (χ2v) is 2.10. The first-order chi connectivity index (χ1) is 4.04. The van der Waals surface area contributed by atoms with Crippen molar-refractivity contribution in [3.8, 4) is 0 Å². The third-order valence-electron chi connectivity index (χ3n) is 1.04. The Kier molecular flexibility index (Phi) is 2.99. The number of rotatable bonds is 2. The van der Waals surface area contributed by atoms with E-state index < -0.39 is 0 Å². The molecule has 0 aliphatic heterocycles. The van der Waals surface area contributed by atoms with E-state index in [-0.39, 0.29) is 12.1 Å². The van der Waals surface area contributed by atoms with Crippen LogP contribution < -0.4 is 0 Å². The van der Waals surface area contributed by atoms with Gasteiger partial charge in [-0.25, -0.2) is 0 Å². The monoisotopic (exact) mass is 128 g/mol. The average Bonchev–Trinajstić information content (AvgIpc) is 1.63. The van der Waals surface area contributed by atoms with Crippen LogP contribution in [0.1, 0.15) is 20.8 Å². The Hall–Kier alpha value is -0.790. The van der Waals surface area contributed by atoms with Crippen LogP contribution in [-0.2, 0) is 9.53 Å². The molecule has 2 nitrogen and oxygen atoms in total. The van der Waals surface area contributed by atoms with E-state index >= 15 is 0 Å². The minimum absolute atomic E-state index is 0.150. The van der Waals surface area contributed by atoms with Gasteiger partial charge in [-0.2, -0.15) is 0 Å². The summed E-state index contributed by atoms with van der Waals surface area (Å²) < 4.78 is 4.77. The standard InChI is InChI=1S/C7H12O2/c1-5(2)6(3)9-7(4)8/h6H,1H2,2-4H3. The fourth-order valence-electron chi connectivity index (χ4n) is 0.350. The molecule has 0 aliphatic carbocycles. The van der Waals surface area contributed by atoms with Gasteiger partial charge in [0, 0.05) is 6.92 Å². The molecule has 0 aliphatic rings. The van der Waals surface area contributed by atoms with Crippen molar-refractivity contribution in [1.82, 2.24) is 0 Å². The lowest BCUT2D eigenvalue weighted by molar-refractivity contribution is -0.143. The van der Waals surface area contributed by atoms with Crippen molar-refractivity contribution >= 4 is 5.97 Å². The first kappa shape index (κ1) is 8.21. The second-order valence-electron chi connectivity index (χ2n) is 2.10. The van der Waals surface area contributed by atoms with Gasteiger partial charge in [0.1, 0.15) is 6.10 Å². The van der Waals surface area contributed by atoms with Crippen LogP contribution in [0.15, 0.2) is 12.2 Å². The number of ether oxygens (including phenoxy) is 1. The largest absolute Gasteiger partial charge is 0.458 e. The van der Waals surface area contributed by atoms with Gasteiger partial charge in [-0.05, 0) is 19.4 Å². The molecular formula is C7H12O2. The number of hydrogen-bond acceptors (Lipinski definition) is 2. The third-order valence-corrected chi connectivity index (χ3v) is 1.04. The molecule has 0 amide bonds. The van der Waals surface area contributed by atoms with Crippen LogP contribution in [0.2, 0.25) is 0 Å². The Morgan fingerprint density at radius 3 is 2.11 bits per heavy atom. The van der Waals surface area contributed by atoms with Gasteiger partial charge >= 0.3 is 5.97 Å². The topological polar surface area (TPSA) is 26.3 Å². The van der Waals surface area contributed by atoms with E-state index in [1.54, 1.807) is 6.92 Å². The summed E-state index contributed by atoms with van der Waals surface area (Å²) in [6.45, 7) is 8.64. The summed E-state index contributed by atoms with van der Waals surface area (Å²) in [4.78, 5) is 10.3. The highest BCUT2D eigenvalue weighted by Gasteiger charge is 2.03. The van der Waals surface area contributed by atoms with Crippen LogP contribution in [0.3, 0.4) is 0 Å². The van der Waals surface area contributed by atoms with E-state index in [2.05, 4.69) is 6.58 Å². The lowest BCUT2D eigenvalue weighted by Gasteiger charge is -2.09. The SMILES string of the molecule is C=C(C)C(C)OC(C)=O. The van der Waals surface area contributed by atoms with Crippen LogP contribution in [0, 0.1) is 0 Å². The molecular weight excluding hydrogens is 116 g/mol. The zero-order valence-electron chi connectivity index (χ0n) is 6.10. The van der Waals surface area contributed by atoms with Gasteiger partial charge in [0.2, 0.25) is 0 Å². The summed E-state index contributed by atoms with van der Waals surface area (Å²) in [5.74, 6) is -0.259. The van der Waals surface area contributed by atoms with Crippen LogP contribution in [-0.4, -0.2) is 12.1 Å². The minimum Gasteiger partial charge on any atom is -0.458 e. The van der Waals surface area contributed by atoms with Crippen LogP contribution in [0.5, 0.6) is 0 Å². The number of hydrogen-bond donors (Lipinski definition) is 0. The maximum absolute atomic E-state index is 10.3. The highest BCUT2D eigenvalue weighted by atomic mass is 16.5. The molecule has 0 N–H and O–H groups in total. The third kappa shape index (κ3) is 3.76. The quantitative estimate of drug-likeness (QED) is 0.416. The molecule has 0 saturated carbocycles. The first-order valence-corrected chi connectivity index (χ1v) is 2.86. The molecule has 0 radical (unpaired) electrons. The molecule has 0 bridgehead atoms. The molecule has 1 atom stereocenters. The van der Waals surface area contributed by atoms with Crippen molar-refractivity contribution in [3.05, 3.63) is 12.2 Å². The van der Waals surface area contributed by atoms with Gasteiger partial charge < -0.3 is 4.74 Å². The summed E-state index contributed by atoms with van der Waals surface area (Å²) in [6, 6.07) is 0. The minimum atomic E-state index is -0.259. The molecule has 9 heavy (non-hydrogen) atoms. The van der Waals surface area contributed by atoms with Gasteiger partial charge in [-0.15, -0.1) is 0 Å². The molecule has 0 spiro atoms. The normalized spacial score (nSPS) is 12.3. The Morgan fingerprint density at radius 2 is 2.00 bits per heavy atom. The number of carbonyl (C=O) groups is 1. The summed E-state index contributed by atoms with van der Waals surface area (Å²) in [5.41, 5.74) is 0.866. The van der Waals surface area contributed by atoms with E-state index in [1.165, 1.54) is 6.92 Å². The lowest BCUT2D eigenvalue weighted by Crippen LogP contribution is -2.12. The van der Waals surface area contributed by atoms with Gasteiger partial charge in [0.05, 0.1) is 0 Å². The van der Waals surface area contributed by atoms with Crippen LogP contribution >= 0.6 is 0 Å².